The van der Waals surface area contributed by atoms with Crippen molar-refractivity contribution in [2.45, 2.75) is 39.2 Å². The van der Waals surface area contributed by atoms with Crippen LogP contribution in [0.2, 0.25) is 0 Å². The van der Waals surface area contributed by atoms with Crippen LogP contribution >= 0.6 is 0 Å². The van der Waals surface area contributed by atoms with Gasteiger partial charge in [0.05, 0.1) is 11.3 Å². The Morgan fingerprint density at radius 3 is 2.60 bits per heavy atom. The minimum absolute atomic E-state index is 0.149. The molecule has 20 heavy (non-hydrogen) atoms. The first-order chi connectivity index (χ1) is 9.47. The lowest BCUT2D eigenvalue weighted by Crippen LogP contribution is -2.32. The number of hydrogen-bond donors (Lipinski definition) is 1. The quantitative estimate of drug-likeness (QED) is 0.839. The van der Waals surface area contributed by atoms with Crippen LogP contribution in [0.15, 0.2) is 0 Å². The Labute approximate surface area is 120 Å². The van der Waals surface area contributed by atoms with Gasteiger partial charge in [-0.1, -0.05) is 0 Å². The van der Waals surface area contributed by atoms with Gasteiger partial charge in [-0.25, -0.2) is 0 Å². The molecule has 0 bridgehead atoms. The Morgan fingerprint density at radius 1 is 1.25 bits per heavy atom. The molecule has 2 heterocycles. The average molecular weight is 276 g/mol. The molecular formula is C15H24N4O. The van der Waals surface area contributed by atoms with Gasteiger partial charge < -0.3 is 10.6 Å². The highest BCUT2D eigenvalue weighted by molar-refractivity contribution is 5.96. The zero-order valence-electron chi connectivity index (χ0n) is 12.6. The number of rotatable bonds is 1. The second-order valence-corrected chi connectivity index (χ2v) is 6.47. The number of fused-ring (bicyclic) bond motifs is 1. The Hall–Kier alpha value is -1.36. The number of aromatic nitrogens is 2. The first kappa shape index (κ1) is 13.6. The Kier molecular flexibility index (Phi) is 3.32. The Balaban J connectivity index is 1.79. The molecule has 5 nitrogen and oxygen atoms in total. The van der Waals surface area contributed by atoms with Gasteiger partial charge in [-0.2, -0.15) is 5.10 Å². The number of amides is 1. The van der Waals surface area contributed by atoms with Gasteiger partial charge in [0.2, 0.25) is 0 Å². The normalized spacial score (nSPS) is 29.6. The molecule has 1 aromatic heterocycles. The molecule has 0 spiro atoms. The summed E-state index contributed by atoms with van der Waals surface area (Å²) in [6.07, 6.45) is 3.34. The van der Waals surface area contributed by atoms with Crippen molar-refractivity contribution < 1.29 is 4.79 Å². The number of carbonyl (C=O) groups excluding carboxylic acids is 1. The van der Waals surface area contributed by atoms with Gasteiger partial charge in [-0.15, -0.1) is 0 Å². The number of carbonyl (C=O) groups is 1. The molecule has 1 aliphatic heterocycles. The van der Waals surface area contributed by atoms with Gasteiger partial charge in [0.15, 0.2) is 0 Å². The molecule has 1 unspecified atom stereocenters. The molecule has 1 aromatic rings. The van der Waals surface area contributed by atoms with Gasteiger partial charge in [0.25, 0.3) is 5.91 Å². The van der Waals surface area contributed by atoms with Crippen molar-refractivity contribution in [3.8, 4) is 0 Å². The van der Waals surface area contributed by atoms with E-state index in [-0.39, 0.29) is 5.91 Å². The zero-order chi connectivity index (χ0) is 14.4. The van der Waals surface area contributed by atoms with E-state index in [4.69, 9.17) is 5.73 Å². The van der Waals surface area contributed by atoms with Crippen molar-refractivity contribution in [3.63, 3.8) is 0 Å². The second kappa shape index (κ2) is 4.88. The van der Waals surface area contributed by atoms with Gasteiger partial charge >= 0.3 is 0 Å². The molecule has 3 atom stereocenters. The summed E-state index contributed by atoms with van der Waals surface area (Å²) >= 11 is 0. The van der Waals surface area contributed by atoms with Crippen molar-refractivity contribution in [2.24, 2.45) is 24.6 Å². The van der Waals surface area contributed by atoms with Crippen molar-refractivity contribution >= 4 is 5.91 Å². The van der Waals surface area contributed by atoms with Crippen LogP contribution in [0, 0.1) is 25.7 Å². The maximum Gasteiger partial charge on any atom is 0.257 e. The summed E-state index contributed by atoms with van der Waals surface area (Å²) in [5.74, 6) is 1.40. The number of nitrogens with two attached hydrogens (primary N) is 1. The molecule has 1 saturated heterocycles. The summed E-state index contributed by atoms with van der Waals surface area (Å²) in [6, 6.07) is 0.327. The highest BCUT2D eigenvalue weighted by Crippen LogP contribution is 2.36. The monoisotopic (exact) mass is 276 g/mol. The van der Waals surface area contributed by atoms with E-state index in [1.54, 1.807) is 4.68 Å². The SMILES string of the molecule is Cc1nn(C)c(C)c1C(=O)N1C[C@H]2CCC(N)C[C@H]2C1. The minimum Gasteiger partial charge on any atom is -0.338 e. The molecule has 0 radical (unpaired) electrons. The first-order valence-electron chi connectivity index (χ1n) is 7.52. The van der Waals surface area contributed by atoms with Crippen LogP contribution in [0.1, 0.15) is 41.0 Å². The topological polar surface area (TPSA) is 64.2 Å². The lowest BCUT2D eigenvalue weighted by atomic mass is 9.79. The summed E-state index contributed by atoms with van der Waals surface area (Å²) in [5.41, 5.74) is 8.64. The van der Waals surface area contributed by atoms with Crippen molar-refractivity contribution in [1.82, 2.24) is 14.7 Å². The highest BCUT2D eigenvalue weighted by atomic mass is 16.2. The molecule has 3 rings (SSSR count). The van der Waals surface area contributed by atoms with E-state index >= 15 is 0 Å². The number of nitrogens with zero attached hydrogens (tertiary/aromatic N) is 3. The maximum absolute atomic E-state index is 12.8. The lowest BCUT2D eigenvalue weighted by Gasteiger charge is -2.27. The fourth-order valence-electron chi connectivity index (χ4n) is 3.87. The first-order valence-corrected chi connectivity index (χ1v) is 7.52. The molecule has 2 fully saturated rings. The summed E-state index contributed by atoms with van der Waals surface area (Å²) < 4.78 is 1.79. The fraction of sp³-hybridized carbons (Fsp3) is 0.733. The van der Waals surface area contributed by atoms with Crippen LogP contribution in [-0.4, -0.2) is 39.7 Å². The predicted molar refractivity (Wildman–Crippen MR) is 77.4 cm³/mol. The van der Waals surface area contributed by atoms with Crippen LogP contribution in [0.5, 0.6) is 0 Å². The molecule has 1 amide bonds. The lowest BCUT2D eigenvalue weighted by molar-refractivity contribution is 0.0782. The zero-order valence-corrected chi connectivity index (χ0v) is 12.6. The third-order valence-corrected chi connectivity index (χ3v) is 5.10. The Bertz CT molecular complexity index is 536. The molecule has 2 aliphatic rings. The van der Waals surface area contributed by atoms with E-state index in [9.17, 15) is 4.79 Å². The predicted octanol–water partition coefficient (Wildman–Crippen LogP) is 1.24. The molecule has 1 aliphatic carbocycles. The van der Waals surface area contributed by atoms with Crippen molar-refractivity contribution in [3.05, 3.63) is 17.0 Å². The van der Waals surface area contributed by atoms with Crippen LogP contribution in [-0.2, 0) is 7.05 Å². The van der Waals surface area contributed by atoms with E-state index < -0.39 is 0 Å². The molecule has 1 saturated carbocycles. The average Bonchev–Trinajstić information content (AvgIpc) is 2.91. The summed E-state index contributed by atoms with van der Waals surface area (Å²) in [7, 11) is 1.89. The molecule has 2 N–H and O–H groups in total. The molecular weight excluding hydrogens is 252 g/mol. The van der Waals surface area contributed by atoms with Gasteiger partial charge in [0, 0.05) is 31.9 Å². The van der Waals surface area contributed by atoms with Crippen LogP contribution < -0.4 is 5.73 Å². The Morgan fingerprint density at radius 2 is 1.95 bits per heavy atom. The summed E-state index contributed by atoms with van der Waals surface area (Å²) in [4.78, 5) is 14.8. The molecule has 0 aromatic carbocycles. The maximum atomic E-state index is 12.8. The number of likely N-dealkylation sites (tertiary alicyclic amines) is 1. The smallest absolute Gasteiger partial charge is 0.257 e. The van der Waals surface area contributed by atoms with Gasteiger partial charge in [0.1, 0.15) is 0 Å². The van der Waals surface area contributed by atoms with Crippen LogP contribution in [0.3, 0.4) is 0 Å². The summed E-state index contributed by atoms with van der Waals surface area (Å²) in [6.45, 7) is 5.64. The van der Waals surface area contributed by atoms with Gasteiger partial charge in [-0.05, 0) is 44.9 Å². The third kappa shape index (κ3) is 2.14. The van der Waals surface area contributed by atoms with E-state index in [1.807, 2.05) is 25.8 Å². The van der Waals surface area contributed by atoms with Crippen LogP contribution in [0.25, 0.3) is 0 Å². The van der Waals surface area contributed by atoms with E-state index in [2.05, 4.69) is 5.10 Å². The fourth-order valence-corrected chi connectivity index (χ4v) is 3.87. The van der Waals surface area contributed by atoms with Crippen molar-refractivity contribution in [1.29, 1.82) is 0 Å². The van der Waals surface area contributed by atoms with E-state index in [1.165, 1.54) is 6.42 Å². The molecule has 110 valence electrons. The third-order valence-electron chi connectivity index (χ3n) is 5.10. The van der Waals surface area contributed by atoms with Crippen LogP contribution in [0.4, 0.5) is 0 Å². The summed E-state index contributed by atoms with van der Waals surface area (Å²) in [5, 5.41) is 4.36. The molecule has 5 heteroatoms. The van der Waals surface area contributed by atoms with Crippen molar-refractivity contribution in [2.75, 3.05) is 13.1 Å². The van der Waals surface area contributed by atoms with E-state index in [0.29, 0.717) is 17.9 Å². The largest absolute Gasteiger partial charge is 0.338 e. The minimum atomic E-state index is 0.149. The number of aryl methyl sites for hydroxylation is 2. The standard InChI is InChI=1S/C15H24N4O/c1-9-14(10(2)18(3)17-9)15(20)19-7-11-4-5-13(16)6-12(11)8-19/h11-13H,4-8,16H2,1-3H3/t11-,12+,13?/m1/s1. The van der Waals surface area contributed by atoms with Gasteiger partial charge in [-0.3, -0.25) is 9.48 Å². The highest BCUT2D eigenvalue weighted by Gasteiger charge is 2.39. The number of hydrogen-bond acceptors (Lipinski definition) is 3. The second-order valence-electron chi connectivity index (χ2n) is 6.47. The van der Waals surface area contributed by atoms with E-state index in [0.717, 1.165) is 42.9 Å².